The molecule has 5 heteroatoms. The van der Waals surface area contributed by atoms with Gasteiger partial charge in [0.1, 0.15) is 11.4 Å². The summed E-state index contributed by atoms with van der Waals surface area (Å²) in [6, 6.07) is 4.45. The van der Waals surface area contributed by atoms with E-state index in [9.17, 15) is 9.59 Å². The summed E-state index contributed by atoms with van der Waals surface area (Å²) in [7, 11) is 0. The van der Waals surface area contributed by atoms with Crippen LogP contribution in [0.4, 0.5) is 0 Å². The number of aromatic carboxylic acids is 1. The van der Waals surface area contributed by atoms with Gasteiger partial charge in [0.25, 0.3) is 0 Å². The minimum atomic E-state index is -1.12. The smallest absolute Gasteiger partial charge is 0.354 e. The third kappa shape index (κ3) is 3.48. The molecule has 15 heavy (non-hydrogen) atoms. The number of aromatic nitrogens is 1. The van der Waals surface area contributed by atoms with E-state index < -0.39 is 11.9 Å². The first-order valence-electron chi connectivity index (χ1n) is 4.07. The zero-order valence-electron chi connectivity index (χ0n) is 7.73. The maximum absolute atomic E-state index is 10.6. The molecular weight excluding hydrogens is 196 g/mol. The van der Waals surface area contributed by atoms with E-state index in [-0.39, 0.29) is 12.1 Å². The van der Waals surface area contributed by atoms with E-state index in [4.69, 9.17) is 10.8 Å². The van der Waals surface area contributed by atoms with Crippen LogP contribution < -0.4 is 5.73 Å². The van der Waals surface area contributed by atoms with Crippen LogP contribution in [0.25, 0.3) is 0 Å². The van der Waals surface area contributed by atoms with Gasteiger partial charge in [0.15, 0.2) is 0 Å². The van der Waals surface area contributed by atoms with Crippen molar-refractivity contribution in [2.45, 2.75) is 6.42 Å². The number of rotatable bonds is 2. The second kappa shape index (κ2) is 4.77. The average Bonchev–Trinajstić information content (AvgIpc) is 2.17. The molecule has 0 aliphatic heterocycles. The van der Waals surface area contributed by atoms with Gasteiger partial charge in [0, 0.05) is 0 Å². The van der Waals surface area contributed by atoms with E-state index in [1.165, 1.54) is 12.1 Å². The number of carbonyl (C=O) groups is 2. The van der Waals surface area contributed by atoms with Gasteiger partial charge in [-0.3, -0.25) is 4.79 Å². The summed E-state index contributed by atoms with van der Waals surface area (Å²) < 4.78 is 0. The standard InChI is InChI=1S/C10H8N2O3/c11-9(13)6-2-4-7-3-1-5-8(12-7)10(14)15/h1,3,5H,6H2,(H2,11,13)(H,14,15). The fourth-order valence-corrected chi connectivity index (χ4v) is 0.845. The Hall–Kier alpha value is -2.35. The second-order valence-corrected chi connectivity index (χ2v) is 2.66. The third-order valence-corrected chi connectivity index (χ3v) is 1.45. The van der Waals surface area contributed by atoms with Gasteiger partial charge in [-0.25, -0.2) is 9.78 Å². The fraction of sp³-hybridized carbons (Fsp3) is 0.100. The molecule has 1 rings (SSSR count). The van der Waals surface area contributed by atoms with Crippen LogP contribution in [-0.2, 0) is 4.79 Å². The third-order valence-electron chi connectivity index (χ3n) is 1.45. The molecule has 0 aliphatic carbocycles. The van der Waals surface area contributed by atoms with Crippen LogP contribution in [0.3, 0.4) is 0 Å². The molecule has 0 saturated carbocycles. The second-order valence-electron chi connectivity index (χ2n) is 2.66. The number of nitrogens with zero attached hydrogens (tertiary/aromatic N) is 1. The molecule has 1 heterocycles. The molecular formula is C10H8N2O3. The highest BCUT2D eigenvalue weighted by molar-refractivity contribution is 5.85. The Balaban J connectivity index is 2.85. The largest absolute Gasteiger partial charge is 0.477 e. The maximum atomic E-state index is 10.6. The molecule has 1 aromatic heterocycles. The number of hydrogen-bond donors (Lipinski definition) is 2. The zero-order valence-corrected chi connectivity index (χ0v) is 7.73. The average molecular weight is 204 g/mol. The minimum absolute atomic E-state index is 0.0705. The highest BCUT2D eigenvalue weighted by atomic mass is 16.4. The summed E-state index contributed by atoms with van der Waals surface area (Å²) in [5, 5.41) is 8.64. The molecule has 1 amide bonds. The molecule has 0 aliphatic rings. The van der Waals surface area contributed by atoms with Crippen molar-refractivity contribution in [3.05, 3.63) is 29.6 Å². The van der Waals surface area contributed by atoms with E-state index in [2.05, 4.69) is 16.8 Å². The van der Waals surface area contributed by atoms with Crippen molar-refractivity contribution in [2.24, 2.45) is 5.73 Å². The van der Waals surface area contributed by atoms with Crippen LogP contribution in [0.15, 0.2) is 18.2 Å². The highest BCUT2D eigenvalue weighted by Crippen LogP contribution is 1.97. The lowest BCUT2D eigenvalue weighted by molar-refractivity contribution is -0.117. The molecule has 0 saturated heterocycles. The van der Waals surface area contributed by atoms with E-state index in [1.807, 2.05) is 0 Å². The van der Waals surface area contributed by atoms with Crippen molar-refractivity contribution in [3.8, 4) is 11.8 Å². The Morgan fingerprint density at radius 1 is 1.47 bits per heavy atom. The summed E-state index contributed by atoms with van der Waals surface area (Å²) in [6.07, 6.45) is -0.0705. The normalized spacial score (nSPS) is 8.80. The maximum Gasteiger partial charge on any atom is 0.354 e. The SMILES string of the molecule is NC(=O)CC#Cc1cccc(C(=O)O)n1. The zero-order chi connectivity index (χ0) is 11.3. The number of carboxylic acids is 1. The molecule has 0 radical (unpaired) electrons. The van der Waals surface area contributed by atoms with E-state index in [0.29, 0.717) is 5.69 Å². The molecule has 0 bridgehead atoms. The first kappa shape index (κ1) is 10.7. The van der Waals surface area contributed by atoms with Gasteiger partial charge in [0.05, 0.1) is 6.42 Å². The van der Waals surface area contributed by atoms with Crippen molar-refractivity contribution in [1.29, 1.82) is 0 Å². The van der Waals surface area contributed by atoms with E-state index in [1.54, 1.807) is 6.07 Å². The lowest BCUT2D eigenvalue weighted by atomic mass is 10.3. The Kier molecular flexibility index (Phi) is 3.41. The summed E-state index contributed by atoms with van der Waals surface area (Å²) >= 11 is 0. The number of hydrogen-bond acceptors (Lipinski definition) is 3. The van der Waals surface area contributed by atoms with Crippen LogP contribution in [0.2, 0.25) is 0 Å². The van der Waals surface area contributed by atoms with Crippen molar-refractivity contribution >= 4 is 11.9 Å². The van der Waals surface area contributed by atoms with Gasteiger partial charge >= 0.3 is 5.97 Å². The Labute approximate surface area is 85.9 Å². The van der Waals surface area contributed by atoms with Crippen LogP contribution in [0, 0.1) is 11.8 Å². The lowest BCUT2D eigenvalue weighted by Crippen LogP contribution is -2.08. The molecule has 0 fully saturated rings. The molecule has 0 unspecified atom stereocenters. The Morgan fingerprint density at radius 3 is 2.80 bits per heavy atom. The predicted octanol–water partition coefficient (Wildman–Crippen LogP) is 0.00670. The molecule has 1 aromatic rings. The Morgan fingerprint density at radius 2 is 2.20 bits per heavy atom. The first-order chi connectivity index (χ1) is 7.09. The quantitative estimate of drug-likeness (QED) is 0.663. The van der Waals surface area contributed by atoms with Crippen molar-refractivity contribution in [2.75, 3.05) is 0 Å². The van der Waals surface area contributed by atoms with Crippen LogP contribution in [0.1, 0.15) is 22.6 Å². The summed E-state index contributed by atoms with van der Waals surface area (Å²) in [4.78, 5) is 24.7. The summed E-state index contributed by atoms with van der Waals surface area (Å²) in [5.74, 6) is 3.39. The lowest BCUT2D eigenvalue weighted by Gasteiger charge is -1.93. The van der Waals surface area contributed by atoms with Crippen molar-refractivity contribution in [3.63, 3.8) is 0 Å². The van der Waals surface area contributed by atoms with Gasteiger partial charge in [-0.15, -0.1) is 0 Å². The van der Waals surface area contributed by atoms with Gasteiger partial charge < -0.3 is 10.8 Å². The van der Waals surface area contributed by atoms with Gasteiger partial charge in [-0.05, 0) is 18.1 Å². The van der Waals surface area contributed by atoms with Gasteiger partial charge in [-0.1, -0.05) is 12.0 Å². The molecule has 0 aromatic carbocycles. The number of carboxylic acid groups (broad SMARTS) is 1. The number of amides is 1. The van der Waals surface area contributed by atoms with Crippen LogP contribution in [-0.4, -0.2) is 22.0 Å². The number of nitrogens with two attached hydrogens (primary N) is 1. The molecule has 3 N–H and O–H groups in total. The minimum Gasteiger partial charge on any atom is -0.477 e. The van der Waals surface area contributed by atoms with Crippen LogP contribution in [0.5, 0.6) is 0 Å². The van der Waals surface area contributed by atoms with Gasteiger partial charge in [-0.2, -0.15) is 0 Å². The van der Waals surface area contributed by atoms with Crippen molar-refractivity contribution < 1.29 is 14.7 Å². The number of pyridine rings is 1. The highest BCUT2D eigenvalue weighted by Gasteiger charge is 2.02. The molecule has 0 atom stereocenters. The first-order valence-corrected chi connectivity index (χ1v) is 4.07. The molecule has 76 valence electrons. The van der Waals surface area contributed by atoms with E-state index >= 15 is 0 Å². The van der Waals surface area contributed by atoms with Crippen LogP contribution >= 0.6 is 0 Å². The Bertz CT molecular complexity index is 457. The fourth-order valence-electron chi connectivity index (χ4n) is 0.845. The van der Waals surface area contributed by atoms with Crippen molar-refractivity contribution in [1.82, 2.24) is 4.98 Å². The molecule has 0 spiro atoms. The number of primary amides is 1. The summed E-state index contributed by atoms with van der Waals surface area (Å²) in [6.45, 7) is 0. The monoisotopic (exact) mass is 204 g/mol. The number of carbonyl (C=O) groups excluding carboxylic acids is 1. The topological polar surface area (TPSA) is 93.3 Å². The molecule has 5 nitrogen and oxygen atoms in total. The predicted molar refractivity (Wildman–Crippen MR) is 51.9 cm³/mol. The van der Waals surface area contributed by atoms with E-state index in [0.717, 1.165) is 0 Å². The summed E-state index contributed by atoms with van der Waals surface area (Å²) in [5.41, 5.74) is 5.10. The van der Waals surface area contributed by atoms with Gasteiger partial charge in [0.2, 0.25) is 5.91 Å².